The van der Waals surface area contributed by atoms with Gasteiger partial charge in [-0.3, -0.25) is 0 Å². The fourth-order valence-electron chi connectivity index (χ4n) is 1.61. The van der Waals surface area contributed by atoms with Crippen molar-refractivity contribution in [3.8, 4) is 11.3 Å². The molecule has 1 aromatic carbocycles. The van der Waals surface area contributed by atoms with Crippen molar-refractivity contribution in [2.24, 2.45) is 0 Å². The number of aromatic nitrogens is 1. The maximum absolute atomic E-state index is 4.85. The molecule has 0 fully saturated rings. The smallest absolute Gasteiger partial charge is 0.124 e. The van der Waals surface area contributed by atoms with Crippen LogP contribution in [0.2, 0.25) is 0 Å². The quantitative estimate of drug-likeness (QED) is 0.736. The summed E-state index contributed by atoms with van der Waals surface area (Å²) in [6.07, 6.45) is 3.84. The average molecular weight is 187 g/mol. The molecule has 1 aromatic heterocycles. The Morgan fingerprint density at radius 2 is 2.07 bits per heavy atom. The van der Waals surface area contributed by atoms with E-state index in [9.17, 15) is 0 Å². The Balaban J connectivity index is 2.42. The standard InChI is InChI=1S/C12H13NO/c1-2-5-10-6-3-4-7-11(10)12-8-9-14-13-12/h3-4,6-9H,2,5H2,1H3. The van der Waals surface area contributed by atoms with Gasteiger partial charge in [0, 0.05) is 11.6 Å². The van der Waals surface area contributed by atoms with Gasteiger partial charge in [0.15, 0.2) is 0 Å². The van der Waals surface area contributed by atoms with Gasteiger partial charge >= 0.3 is 0 Å². The van der Waals surface area contributed by atoms with Gasteiger partial charge in [-0.25, -0.2) is 0 Å². The number of nitrogens with zero attached hydrogens (tertiary/aromatic N) is 1. The van der Waals surface area contributed by atoms with Crippen LogP contribution in [0.5, 0.6) is 0 Å². The molecule has 72 valence electrons. The Morgan fingerprint density at radius 3 is 2.79 bits per heavy atom. The lowest BCUT2D eigenvalue weighted by Gasteiger charge is -2.04. The minimum absolute atomic E-state index is 0.925. The summed E-state index contributed by atoms with van der Waals surface area (Å²) >= 11 is 0. The van der Waals surface area contributed by atoms with Crippen LogP contribution >= 0.6 is 0 Å². The van der Waals surface area contributed by atoms with Gasteiger partial charge in [-0.15, -0.1) is 0 Å². The summed E-state index contributed by atoms with van der Waals surface area (Å²) in [4.78, 5) is 0. The van der Waals surface area contributed by atoms with Gasteiger partial charge < -0.3 is 4.52 Å². The van der Waals surface area contributed by atoms with E-state index >= 15 is 0 Å². The van der Waals surface area contributed by atoms with Gasteiger partial charge in [0.1, 0.15) is 12.0 Å². The fraction of sp³-hybridized carbons (Fsp3) is 0.250. The Labute approximate surface area is 83.5 Å². The Kier molecular flexibility index (Phi) is 2.63. The average Bonchev–Trinajstić information content (AvgIpc) is 2.72. The molecule has 0 atom stereocenters. The summed E-state index contributed by atoms with van der Waals surface area (Å²) in [5, 5.41) is 3.95. The molecule has 0 aliphatic rings. The normalized spacial score (nSPS) is 10.4. The van der Waals surface area contributed by atoms with Crippen LogP contribution in [0.4, 0.5) is 0 Å². The van der Waals surface area contributed by atoms with E-state index in [4.69, 9.17) is 4.52 Å². The van der Waals surface area contributed by atoms with Gasteiger partial charge in [0.2, 0.25) is 0 Å². The molecule has 0 N–H and O–H groups in total. The first-order valence-corrected chi connectivity index (χ1v) is 4.90. The molecule has 0 radical (unpaired) electrons. The highest BCUT2D eigenvalue weighted by Crippen LogP contribution is 2.22. The van der Waals surface area contributed by atoms with E-state index in [2.05, 4.69) is 30.3 Å². The summed E-state index contributed by atoms with van der Waals surface area (Å²) in [5.74, 6) is 0. The molecule has 0 saturated carbocycles. The molecule has 1 heterocycles. The summed E-state index contributed by atoms with van der Waals surface area (Å²) in [7, 11) is 0. The monoisotopic (exact) mass is 187 g/mol. The molecular weight excluding hydrogens is 174 g/mol. The predicted octanol–water partition coefficient (Wildman–Crippen LogP) is 3.29. The Bertz CT molecular complexity index is 392. The molecule has 0 unspecified atom stereocenters. The highest BCUT2D eigenvalue weighted by atomic mass is 16.5. The van der Waals surface area contributed by atoms with Gasteiger partial charge in [-0.1, -0.05) is 42.8 Å². The van der Waals surface area contributed by atoms with Crippen molar-refractivity contribution in [2.75, 3.05) is 0 Å². The van der Waals surface area contributed by atoms with Crippen LogP contribution in [0.1, 0.15) is 18.9 Å². The lowest BCUT2D eigenvalue weighted by Crippen LogP contribution is -1.88. The van der Waals surface area contributed by atoms with Gasteiger partial charge in [-0.05, 0) is 12.0 Å². The van der Waals surface area contributed by atoms with Gasteiger partial charge in [0.05, 0.1) is 0 Å². The SMILES string of the molecule is CCCc1ccccc1-c1ccon1. The zero-order valence-electron chi connectivity index (χ0n) is 8.23. The number of aryl methyl sites for hydroxylation is 1. The maximum Gasteiger partial charge on any atom is 0.124 e. The first kappa shape index (κ1) is 9.00. The van der Waals surface area contributed by atoms with Crippen LogP contribution in [-0.4, -0.2) is 5.16 Å². The first-order chi connectivity index (χ1) is 6.92. The predicted molar refractivity (Wildman–Crippen MR) is 55.9 cm³/mol. The third-order valence-electron chi connectivity index (χ3n) is 2.25. The van der Waals surface area contributed by atoms with E-state index in [0.717, 1.165) is 18.5 Å². The molecule has 2 rings (SSSR count). The van der Waals surface area contributed by atoms with Crippen molar-refractivity contribution in [2.45, 2.75) is 19.8 Å². The van der Waals surface area contributed by atoms with E-state index in [0.29, 0.717) is 0 Å². The van der Waals surface area contributed by atoms with Crippen molar-refractivity contribution in [1.82, 2.24) is 5.16 Å². The van der Waals surface area contributed by atoms with Crippen molar-refractivity contribution >= 4 is 0 Å². The van der Waals surface area contributed by atoms with E-state index in [1.54, 1.807) is 6.26 Å². The highest BCUT2D eigenvalue weighted by Gasteiger charge is 2.05. The highest BCUT2D eigenvalue weighted by molar-refractivity contribution is 5.62. The van der Waals surface area contributed by atoms with Gasteiger partial charge in [-0.2, -0.15) is 0 Å². The second-order valence-corrected chi connectivity index (χ2v) is 3.29. The maximum atomic E-state index is 4.85. The van der Waals surface area contributed by atoms with Crippen molar-refractivity contribution in [3.05, 3.63) is 42.2 Å². The van der Waals surface area contributed by atoms with E-state index < -0.39 is 0 Å². The third-order valence-corrected chi connectivity index (χ3v) is 2.25. The number of hydrogen-bond acceptors (Lipinski definition) is 2. The number of hydrogen-bond donors (Lipinski definition) is 0. The first-order valence-electron chi connectivity index (χ1n) is 4.90. The van der Waals surface area contributed by atoms with Crippen LogP contribution in [0.15, 0.2) is 41.1 Å². The van der Waals surface area contributed by atoms with Crippen LogP contribution in [0.3, 0.4) is 0 Å². The third kappa shape index (κ3) is 1.69. The molecule has 2 heteroatoms. The second-order valence-electron chi connectivity index (χ2n) is 3.29. The molecule has 14 heavy (non-hydrogen) atoms. The molecular formula is C12H13NO. The van der Waals surface area contributed by atoms with E-state index in [1.807, 2.05) is 12.1 Å². The van der Waals surface area contributed by atoms with Gasteiger partial charge in [0.25, 0.3) is 0 Å². The largest absolute Gasteiger partial charge is 0.364 e. The van der Waals surface area contributed by atoms with Crippen molar-refractivity contribution in [1.29, 1.82) is 0 Å². The summed E-state index contributed by atoms with van der Waals surface area (Å²) in [6, 6.07) is 10.2. The molecule has 0 amide bonds. The number of rotatable bonds is 3. The Morgan fingerprint density at radius 1 is 1.21 bits per heavy atom. The minimum atomic E-state index is 0.925. The van der Waals surface area contributed by atoms with Crippen LogP contribution in [-0.2, 0) is 6.42 Å². The fourth-order valence-corrected chi connectivity index (χ4v) is 1.61. The lowest BCUT2D eigenvalue weighted by atomic mass is 10.0. The molecule has 2 nitrogen and oxygen atoms in total. The van der Waals surface area contributed by atoms with E-state index in [-0.39, 0.29) is 0 Å². The molecule has 0 saturated heterocycles. The molecule has 0 bridgehead atoms. The molecule has 2 aromatic rings. The van der Waals surface area contributed by atoms with Crippen molar-refractivity contribution in [3.63, 3.8) is 0 Å². The van der Waals surface area contributed by atoms with Crippen LogP contribution in [0, 0.1) is 0 Å². The minimum Gasteiger partial charge on any atom is -0.364 e. The topological polar surface area (TPSA) is 26.0 Å². The summed E-state index contributed by atoms with van der Waals surface area (Å²) in [6.45, 7) is 2.18. The van der Waals surface area contributed by atoms with Crippen LogP contribution in [0.25, 0.3) is 11.3 Å². The zero-order chi connectivity index (χ0) is 9.80. The second kappa shape index (κ2) is 4.09. The summed E-state index contributed by atoms with van der Waals surface area (Å²) < 4.78 is 4.85. The molecule has 0 spiro atoms. The van der Waals surface area contributed by atoms with Crippen molar-refractivity contribution < 1.29 is 4.52 Å². The zero-order valence-corrected chi connectivity index (χ0v) is 8.23. The molecule has 0 aliphatic heterocycles. The number of benzene rings is 1. The lowest BCUT2D eigenvalue weighted by molar-refractivity contribution is 0.422. The van der Waals surface area contributed by atoms with E-state index in [1.165, 1.54) is 11.1 Å². The van der Waals surface area contributed by atoms with Crippen LogP contribution < -0.4 is 0 Å². The molecule has 0 aliphatic carbocycles. The summed E-state index contributed by atoms with van der Waals surface area (Å²) in [5.41, 5.74) is 3.45. The Hall–Kier alpha value is -1.57.